The predicted octanol–water partition coefficient (Wildman–Crippen LogP) is 3.15. The van der Waals surface area contributed by atoms with Gasteiger partial charge in [0.1, 0.15) is 0 Å². The van der Waals surface area contributed by atoms with Crippen molar-refractivity contribution < 1.29 is 0 Å². The number of hydrogen-bond acceptors (Lipinski definition) is 1. The third-order valence-electron chi connectivity index (χ3n) is 2.01. The van der Waals surface area contributed by atoms with Crippen molar-refractivity contribution in [3.63, 3.8) is 0 Å². The second-order valence-electron chi connectivity index (χ2n) is 2.78. The lowest BCUT2D eigenvalue weighted by Gasteiger charge is -2.04. The van der Waals surface area contributed by atoms with E-state index in [1.807, 2.05) is 7.05 Å². The van der Waals surface area contributed by atoms with Gasteiger partial charge in [0.2, 0.25) is 0 Å². The van der Waals surface area contributed by atoms with Gasteiger partial charge in [0.25, 0.3) is 0 Å². The van der Waals surface area contributed by atoms with E-state index in [2.05, 4.69) is 43.1 Å². The zero-order valence-corrected chi connectivity index (χ0v) is 7.72. The molecule has 0 radical (unpaired) electrons. The Hall–Kier alpha value is -1.24. The van der Waals surface area contributed by atoms with E-state index in [0.717, 1.165) is 12.1 Å². The van der Waals surface area contributed by atoms with Crippen molar-refractivity contribution in [3.05, 3.63) is 36.4 Å². The normalized spacial score (nSPS) is 9.50. The molecule has 1 nitrogen and oxygen atoms in total. The highest BCUT2D eigenvalue weighted by molar-refractivity contribution is 5.64. The molecule has 0 aliphatic rings. The molecule has 0 saturated heterocycles. The minimum atomic E-state index is 1.01. The van der Waals surface area contributed by atoms with Crippen molar-refractivity contribution in [2.45, 2.75) is 13.3 Å². The predicted molar refractivity (Wildman–Crippen MR) is 55.3 cm³/mol. The fourth-order valence-electron chi connectivity index (χ4n) is 1.08. The van der Waals surface area contributed by atoms with Crippen LogP contribution in [0.5, 0.6) is 0 Å². The first-order valence-electron chi connectivity index (χ1n) is 4.24. The van der Waals surface area contributed by atoms with Gasteiger partial charge in [0.15, 0.2) is 0 Å². The van der Waals surface area contributed by atoms with Crippen LogP contribution >= 0.6 is 0 Å². The van der Waals surface area contributed by atoms with Crippen molar-refractivity contribution in [1.29, 1.82) is 0 Å². The third-order valence-corrected chi connectivity index (χ3v) is 2.01. The van der Waals surface area contributed by atoms with Crippen LogP contribution in [0.15, 0.2) is 30.8 Å². The van der Waals surface area contributed by atoms with Crippen LogP contribution in [0, 0.1) is 0 Å². The SMILES string of the molecule is C=C(CC)c1ccc(NC)cc1. The van der Waals surface area contributed by atoms with Gasteiger partial charge in [0, 0.05) is 12.7 Å². The monoisotopic (exact) mass is 161 g/mol. The number of nitrogens with one attached hydrogen (secondary N) is 1. The molecule has 1 N–H and O–H groups in total. The number of rotatable bonds is 3. The van der Waals surface area contributed by atoms with Gasteiger partial charge < -0.3 is 5.32 Å². The number of allylic oxidation sites excluding steroid dienone is 1. The summed E-state index contributed by atoms with van der Waals surface area (Å²) in [6.45, 7) is 6.10. The molecule has 0 saturated carbocycles. The largest absolute Gasteiger partial charge is 0.388 e. The van der Waals surface area contributed by atoms with Crippen molar-refractivity contribution in [3.8, 4) is 0 Å². The summed E-state index contributed by atoms with van der Waals surface area (Å²) in [4.78, 5) is 0. The van der Waals surface area contributed by atoms with E-state index < -0.39 is 0 Å². The number of hydrogen-bond donors (Lipinski definition) is 1. The standard InChI is InChI=1S/C11H15N/c1-4-9(2)10-5-7-11(12-3)8-6-10/h5-8,12H,2,4H2,1,3H3. The molecule has 12 heavy (non-hydrogen) atoms. The molecular formula is C11H15N. The Labute approximate surface area is 74.1 Å². The second-order valence-corrected chi connectivity index (χ2v) is 2.78. The summed E-state index contributed by atoms with van der Waals surface area (Å²) in [5.74, 6) is 0. The molecule has 0 aromatic heterocycles. The molecule has 0 aliphatic carbocycles. The quantitative estimate of drug-likeness (QED) is 0.718. The molecule has 0 unspecified atom stereocenters. The molecule has 0 spiro atoms. The molecular weight excluding hydrogens is 146 g/mol. The Kier molecular flexibility index (Phi) is 2.92. The van der Waals surface area contributed by atoms with E-state index in [4.69, 9.17) is 0 Å². The summed E-state index contributed by atoms with van der Waals surface area (Å²) >= 11 is 0. The Morgan fingerprint density at radius 3 is 2.33 bits per heavy atom. The summed E-state index contributed by atoms with van der Waals surface area (Å²) in [6.07, 6.45) is 1.01. The highest BCUT2D eigenvalue weighted by atomic mass is 14.8. The van der Waals surface area contributed by atoms with Crippen LogP contribution in [0.4, 0.5) is 5.69 Å². The zero-order chi connectivity index (χ0) is 8.97. The van der Waals surface area contributed by atoms with Crippen LogP contribution in [0.3, 0.4) is 0 Å². The lowest BCUT2D eigenvalue weighted by molar-refractivity contribution is 1.24. The average molecular weight is 161 g/mol. The lowest BCUT2D eigenvalue weighted by Crippen LogP contribution is -1.87. The van der Waals surface area contributed by atoms with Crippen molar-refractivity contribution in [1.82, 2.24) is 0 Å². The molecule has 0 fully saturated rings. The maximum atomic E-state index is 3.98. The second kappa shape index (κ2) is 3.96. The van der Waals surface area contributed by atoms with Gasteiger partial charge in [-0.3, -0.25) is 0 Å². The van der Waals surface area contributed by atoms with Crippen molar-refractivity contribution in [2.75, 3.05) is 12.4 Å². The van der Waals surface area contributed by atoms with Gasteiger partial charge in [-0.1, -0.05) is 25.6 Å². The topological polar surface area (TPSA) is 12.0 Å². The molecule has 1 aromatic rings. The summed E-state index contributed by atoms with van der Waals surface area (Å²) in [5, 5.41) is 3.08. The van der Waals surface area contributed by atoms with Gasteiger partial charge >= 0.3 is 0 Å². The fraction of sp³-hybridized carbons (Fsp3) is 0.273. The van der Waals surface area contributed by atoms with E-state index >= 15 is 0 Å². The Morgan fingerprint density at radius 1 is 1.33 bits per heavy atom. The van der Waals surface area contributed by atoms with E-state index in [9.17, 15) is 0 Å². The van der Waals surface area contributed by atoms with E-state index in [0.29, 0.717) is 0 Å². The molecule has 1 heteroatoms. The first-order valence-corrected chi connectivity index (χ1v) is 4.24. The van der Waals surface area contributed by atoms with Crippen LogP contribution in [-0.2, 0) is 0 Å². The van der Waals surface area contributed by atoms with Gasteiger partial charge in [-0.25, -0.2) is 0 Å². The van der Waals surface area contributed by atoms with E-state index in [1.165, 1.54) is 11.1 Å². The molecule has 0 amide bonds. The first kappa shape index (κ1) is 8.85. The molecule has 0 atom stereocenters. The Morgan fingerprint density at radius 2 is 1.92 bits per heavy atom. The molecule has 0 aliphatic heterocycles. The summed E-state index contributed by atoms with van der Waals surface area (Å²) in [5.41, 5.74) is 3.57. The summed E-state index contributed by atoms with van der Waals surface area (Å²) in [6, 6.07) is 8.32. The molecule has 0 bridgehead atoms. The Bertz CT molecular complexity index is 259. The first-order chi connectivity index (χ1) is 5.77. The summed E-state index contributed by atoms with van der Waals surface area (Å²) < 4.78 is 0. The summed E-state index contributed by atoms with van der Waals surface area (Å²) in [7, 11) is 1.92. The third kappa shape index (κ3) is 1.88. The van der Waals surface area contributed by atoms with Gasteiger partial charge in [-0.05, 0) is 29.7 Å². The van der Waals surface area contributed by atoms with Crippen LogP contribution < -0.4 is 5.32 Å². The van der Waals surface area contributed by atoms with Gasteiger partial charge in [-0.15, -0.1) is 0 Å². The highest BCUT2D eigenvalue weighted by Gasteiger charge is 1.94. The zero-order valence-electron chi connectivity index (χ0n) is 7.72. The van der Waals surface area contributed by atoms with Crippen LogP contribution in [0.1, 0.15) is 18.9 Å². The average Bonchev–Trinajstić information content (AvgIpc) is 2.17. The minimum absolute atomic E-state index is 1.01. The van der Waals surface area contributed by atoms with Crippen LogP contribution in [-0.4, -0.2) is 7.05 Å². The van der Waals surface area contributed by atoms with Crippen molar-refractivity contribution >= 4 is 11.3 Å². The van der Waals surface area contributed by atoms with E-state index in [-0.39, 0.29) is 0 Å². The fourth-order valence-corrected chi connectivity index (χ4v) is 1.08. The smallest absolute Gasteiger partial charge is 0.0337 e. The molecule has 0 heterocycles. The van der Waals surface area contributed by atoms with Gasteiger partial charge in [-0.2, -0.15) is 0 Å². The maximum Gasteiger partial charge on any atom is 0.0337 e. The van der Waals surface area contributed by atoms with Gasteiger partial charge in [0.05, 0.1) is 0 Å². The Balaban J connectivity index is 2.84. The highest BCUT2D eigenvalue weighted by Crippen LogP contribution is 2.17. The minimum Gasteiger partial charge on any atom is -0.388 e. The maximum absolute atomic E-state index is 3.98. The molecule has 1 rings (SSSR count). The van der Waals surface area contributed by atoms with Crippen LogP contribution in [0.2, 0.25) is 0 Å². The lowest BCUT2D eigenvalue weighted by atomic mass is 10.1. The molecule has 1 aromatic carbocycles. The van der Waals surface area contributed by atoms with E-state index in [1.54, 1.807) is 0 Å². The molecule has 64 valence electrons. The van der Waals surface area contributed by atoms with Crippen LogP contribution in [0.25, 0.3) is 5.57 Å². The number of benzene rings is 1. The van der Waals surface area contributed by atoms with Crippen molar-refractivity contribution in [2.24, 2.45) is 0 Å². The number of anilines is 1.